The van der Waals surface area contributed by atoms with Crippen molar-refractivity contribution < 1.29 is 15.0 Å². The summed E-state index contributed by atoms with van der Waals surface area (Å²) in [5.41, 5.74) is 3.03. The Labute approximate surface area is 177 Å². The van der Waals surface area contributed by atoms with Gasteiger partial charge in [0.25, 0.3) is 0 Å². The minimum Gasteiger partial charge on any atom is -0.506 e. The van der Waals surface area contributed by atoms with E-state index in [1.165, 1.54) is 16.7 Å². The summed E-state index contributed by atoms with van der Waals surface area (Å²) in [6, 6.07) is 15.1. The van der Waals surface area contributed by atoms with E-state index in [9.17, 15) is 14.7 Å². The van der Waals surface area contributed by atoms with Gasteiger partial charge in [0, 0.05) is 12.7 Å². The van der Waals surface area contributed by atoms with Crippen molar-refractivity contribution >= 4 is 17.1 Å². The van der Waals surface area contributed by atoms with Gasteiger partial charge in [-0.1, -0.05) is 18.2 Å². The Balaban J connectivity index is 1.62. The number of nitrogens with one attached hydrogen (secondary N) is 1. The fourth-order valence-corrected chi connectivity index (χ4v) is 4.17. The Morgan fingerprint density at radius 3 is 2.55 bits per heavy atom. The number of aromatic hydroxyl groups is 1. The Hall–Kier alpha value is -3.91. The van der Waals surface area contributed by atoms with E-state index in [1.807, 2.05) is 6.07 Å². The quantitative estimate of drug-likeness (QED) is 0.472. The Morgan fingerprint density at radius 1 is 1.10 bits per heavy atom. The predicted molar refractivity (Wildman–Crippen MR) is 116 cm³/mol. The third-order valence-corrected chi connectivity index (χ3v) is 5.71. The van der Waals surface area contributed by atoms with Gasteiger partial charge in [-0.05, 0) is 60.5 Å². The van der Waals surface area contributed by atoms with Crippen molar-refractivity contribution in [2.45, 2.75) is 12.5 Å². The molecule has 1 aliphatic heterocycles. The van der Waals surface area contributed by atoms with Crippen LogP contribution in [0.5, 0.6) is 5.75 Å². The molecule has 3 heterocycles. The number of carboxylic acids is 1. The molecule has 8 heteroatoms. The normalized spacial score (nSPS) is 16.1. The maximum absolute atomic E-state index is 13.4. The monoisotopic (exact) mass is 416 g/mol. The smallest absolute Gasteiger partial charge is 0.335 e. The number of nitrogens with zero attached hydrogens (tertiary/aromatic N) is 3. The van der Waals surface area contributed by atoms with Gasteiger partial charge in [0.1, 0.15) is 5.75 Å². The summed E-state index contributed by atoms with van der Waals surface area (Å²) in [5, 5.41) is 23.2. The number of carbonyl (C=O) groups is 1. The maximum atomic E-state index is 13.4. The van der Waals surface area contributed by atoms with E-state index in [2.05, 4.69) is 10.3 Å². The summed E-state index contributed by atoms with van der Waals surface area (Å²) in [4.78, 5) is 28.9. The highest BCUT2D eigenvalue weighted by Crippen LogP contribution is 2.31. The van der Waals surface area contributed by atoms with Crippen LogP contribution in [0, 0.1) is 0 Å². The minimum absolute atomic E-state index is 0.0142. The zero-order chi connectivity index (χ0) is 21.5. The summed E-state index contributed by atoms with van der Waals surface area (Å²) < 4.78 is 3.20. The number of rotatable bonds is 4. The minimum atomic E-state index is -0.994. The van der Waals surface area contributed by atoms with Crippen molar-refractivity contribution in [1.29, 1.82) is 0 Å². The fourth-order valence-electron chi connectivity index (χ4n) is 4.17. The van der Waals surface area contributed by atoms with Crippen LogP contribution in [0.2, 0.25) is 0 Å². The molecular formula is C23H20N4O4. The molecule has 5 rings (SSSR count). The van der Waals surface area contributed by atoms with Crippen molar-refractivity contribution in [2.24, 2.45) is 0 Å². The van der Waals surface area contributed by atoms with Gasteiger partial charge in [0.15, 0.2) is 5.65 Å². The number of imidazole rings is 1. The lowest BCUT2D eigenvalue weighted by molar-refractivity contribution is 0.0697. The van der Waals surface area contributed by atoms with Crippen molar-refractivity contribution in [3.05, 3.63) is 76.8 Å². The topological polar surface area (TPSA) is 109 Å². The maximum Gasteiger partial charge on any atom is 0.335 e. The summed E-state index contributed by atoms with van der Waals surface area (Å²) >= 11 is 0. The standard InChI is InChI=1S/C23H20N4O4/c28-20-12-16(14-3-5-15(6-4-14)22(29)30)7-8-18(20)27-19-2-1-10-25-21(19)26(23(27)31)17-9-11-24-13-17/h1-8,10,12,17,24,28H,9,11,13H2,(H,29,30)/t17-/m0/s1. The second-order valence-corrected chi connectivity index (χ2v) is 7.57. The molecular weight excluding hydrogens is 396 g/mol. The first kappa shape index (κ1) is 19.1. The molecule has 4 aromatic rings. The van der Waals surface area contributed by atoms with Gasteiger partial charge < -0.3 is 15.5 Å². The molecule has 0 spiro atoms. The van der Waals surface area contributed by atoms with E-state index >= 15 is 0 Å². The van der Waals surface area contributed by atoms with Crippen LogP contribution >= 0.6 is 0 Å². The summed E-state index contributed by atoms with van der Waals surface area (Å²) in [7, 11) is 0. The molecule has 0 saturated carbocycles. The van der Waals surface area contributed by atoms with Gasteiger partial charge in [0.2, 0.25) is 0 Å². The van der Waals surface area contributed by atoms with Crippen LogP contribution in [0.4, 0.5) is 0 Å². The molecule has 1 fully saturated rings. The number of benzene rings is 2. The van der Waals surface area contributed by atoms with Crippen LogP contribution in [0.25, 0.3) is 28.0 Å². The van der Waals surface area contributed by atoms with Crippen LogP contribution in [0.1, 0.15) is 22.8 Å². The lowest BCUT2D eigenvalue weighted by Crippen LogP contribution is -2.28. The third-order valence-electron chi connectivity index (χ3n) is 5.71. The molecule has 1 aliphatic rings. The van der Waals surface area contributed by atoms with Crippen LogP contribution in [0.15, 0.2) is 65.6 Å². The highest BCUT2D eigenvalue weighted by Gasteiger charge is 2.25. The average Bonchev–Trinajstić information content (AvgIpc) is 3.39. The average molecular weight is 416 g/mol. The van der Waals surface area contributed by atoms with Gasteiger partial charge in [-0.25, -0.2) is 14.6 Å². The predicted octanol–water partition coefficient (Wildman–Crippen LogP) is 2.79. The Bertz CT molecular complexity index is 1350. The zero-order valence-electron chi connectivity index (χ0n) is 16.5. The molecule has 1 saturated heterocycles. The van der Waals surface area contributed by atoms with Gasteiger partial charge >= 0.3 is 11.7 Å². The van der Waals surface area contributed by atoms with Crippen LogP contribution in [-0.4, -0.2) is 43.4 Å². The van der Waals surface area contributed by atoms with Gasteiger partial charge in [-0.3, -0.25) is 9.13 Å². The van der Waals surface area contributed by atoms with E-state index < -0.39 is 5.97 Å². The molecule has 0 bridgehead atoms. The number of phenolic OH excluding ortho intramolecular Hbond substituents is 1. The first-order valence-corrected chi connectivity index (χ1v) is 10.0. The highest BCUT2D eigenvalue weighted by atomic mass is 16.4. The molecule has 0 unspecified atom stereocenters. The van der Waals surface area contributed by atoms with Gasteiger partial charge in [0.05, 0.1) is 22.8 Å². The number of phenols is 1. The summed E-state index contributed by atoms with van der Waals surface area (Å²) in [6.45, 7) is 1.55. The molecule has 156 valence electrons. The number of hydrogen-bond donors (Lipinski definition) is 3. The van der Waals surface area contributed by atoms with Crippen molar-refractivity contribution in [3.8, 4) is 22.6 Å². The van der Waals surface area contributed by atoms with Crippen molar-refractivity contribution in [1.82, 2.24) is 19.4 Å². The number of pyridine rings is 1. The summed E-state index contributed by atoms with van der Waals surface area (Å²) in [6.07, 6.45) is 2.50. The van der Waals surface area contributed by atoms with Crippen molar-refractivity contribution in [2.75, 3.05) is 13.1 Å². The number of fused-ring (bicyclic) bond motifs is 1. The second kappa shape index (κ2) is 7.41. The Morgan fingerprint density at radius 2 is 1.87 bits per heavy atom. The molecule has 0 radical (unpaired) electrons. The molecule has 3 N–H and O–H groups in total. The lowest BCUT2D eigenvalue weighted by Gasteiger charge is -2.10. The SMILES string of the molecule is O=C(O)c1ccc(-c2ccc(-n3c(=O)n([C@H]4CCNC4)c4ncccc43)c(O)c2)cc1. The molecule has 0 aliphatic carbocycles. The Kier molecular flexibility index (Phi) is 4.56. The zero-order valence-corrected chi connectivity index (χ0v) is 16.5. The molecule has 2 aromatic heterocycles. The molecule has 2 aromatic carbocycles. The lowest BCUT2D eigenvalue weighted by atomic mass is 10.0. The van der Waals surface area contributed by atoms with E-state index in [0.717, 1.165) is 18.5 Å². The number of carboxylic acid groups (broad SMARTS) is 1. The van der Waals surface area contributed by atoms with E-state index in [0.29, 0.717) is 29.0 Å². The van der Waals surface area contributed by atoms with Crippen LogP contribution < -0.4 is 11.0 Å². The third kappa shape index (κ3) is 3.17. The first-order valence-electron chi connectivity index (χ1n) is 10.0. The molecule has 1 atom stereocenters. The van der Waals surface area contributed by atoms with Gasteiger partial charge in [-0.15, -0.1) is 0 Å². The molecule has 31 heavy (non-hydrogen) atoms. The van der Waals surface area contributed by atoms with Crippen LogP contribution in [-0.2, 0) is 0 Å². The summed E-state index contributed by atoms with van der Waals surface area (Å²) in [5.74, 6) is -1.04. The fraction of sp³-hybridized carbons (Fsp3) is 0.174. The number of hydrogen-bond acceptors (Lipinski definition) is 5. The number of aromatic nitrogens is 3. The molecule has 8 nitrogen and oxygen atoms in total. The van der Waals surface area contributed by atoms with Crippen LogP contribution in [0.3, 0.4) is 0 Å². The first-order chi connectivity index (χ1) is 15.0. The number of aromatic carboxylic acids is 1. The largest absolute Gasteiger partial charge is 0.506 e. The van der Waals surface area contributed by atoms with E-state index in [4.69, 9.17) is 5.11 Å². The van der Waals surface area contributed by atoms with E-state index in [1.54, 1.807) is 47.2 Å². The highest BCUT2D eigenvalue weighted by molar-refractivity contribution is 5.88. The van der Waals surface area contributed by atoms with Gasteiger partial charge in [-0.2, -0.15) is 0 Å². The molecule has 0 amide bonds. The van der Waals surface area contributed by atoms with E-state index in [-0.39, 0.29) is 23.0 Å². The second-order valence-electron chi connectivity index (χ2n) is 7.57. The van der Waals surface area contributed by atoms with Crippen molar-refractivity contribution in [3.63, 3.8) is 0 Å².